The molecule has 0 aliphatic carbocycles. The highest BCUT2D eigenvalue weighted by molar-refractivity contribution is 7.51. The molecule has 0 saturated carbocycles. The maximum Gasteiger partial charge on any atom is 0.324 e. The van der Waals surface area contributed by atoms with Gasteiger partial charge in [0.15, 0.2) is 23.2 Å². The highest BCUT2D eigenvalue weighted by Gasteiger charge is 2.44. The van der Waals surface area contributed by atoms with Crippen LogP contribution in [0.25, 0.3) is 11.2 Å². The minimum atomic E-state index is -4.05. The fraction of sp³-hybridized carbons (Fsp3) is 0.368. The Kier molecular flexibility index (Phi) is 6.70. The maximum absolute atomic E-state index is 12.3. The van der Waals surface area contributed by atoms with Gasteiger partial charge in [0.25, 0.3) is 0 Å². The van der Waals surface area contributed by atoms with Crippen molar-refractivity contribution in [2.45, 2.75) is 31.5 Å². The highest BCUT2D eigenvalue weighted by atomic mass is 31.2. The SMILES string of the molecule is CCP(=O)([O-])OC[C@H]1O[C@@H](n2cnc3c(NC(=O)Nc4ccccc4)ncnc32)[C@@H](O)C1O. The molecule has 2 aromatic heterocycles. The van der Waals surface area contributed by atoms with Gasteiger partial charge >= 0.3 is 6.03 Å². The Balaban J connectivity index is 1.51. The van der Waals surface area contributed by atoms with E-state index in [2.05, 4.69) is 25.6 Å². The van der Waals surface area contributed by atoms with Crippen LogP contribution in [0, 0.1) is 0 Å². The molecule has 13 nitrogen and oxygen atoms in total. The molecule has 14 heteroatoms. The number of aliphatic hydroxyl groups is 2. The van der Waals surface area contributed by atoms with Gasteiger partial charge in [0.2, 0.25) is 0 Å². The predicted molar refractivity (Wildman–Crippen MR) is 114 cm³/mol. The van der Waals surface area contributed by atoms with Crippen molar-refractivity contribution < 1.29 is 33.7 Å². The monoisotopic (exact) mass is 477 g/mol. The number of para-hydroxylation sites is 1. The van der Waals surface area contributed by atoms with Crippen molar-refractivity contribution in [3.05, 3.63) is 43.0 Å². The molecule has 33 heavy (non-hydrogen) atoms. The summed E-state index contributed by atoms with van der Waals surface area (Å²) in [6.07, 6.45) is -2.71. The summed E-state index contributed by atoms with van der Waals surface area (Å²) in [7, 11) is -4.05. The molecular weight excluding hydrogens is 455 g/mol. The number of rotatable bonds is 7. The molecule has 4 N–H and O–H groups in total. The van der Waals surface area contributed by atoms with Gasteiger partial charge in [-0.1, -0.05) is 25.1 Å². The van der Waals surface area contributed by atoms with E-state index in [9.17, 15) is 24.5 Å². The van der Waals surface area contributed by atoms with Gasteiger partial charge in [-0.3, -0.25) is 9.88 Å². The second-order valence-electron chi connectivity index (χ2n) is 7.26. The Morgan fingerprint density at radius 3 is 2.70 bits per heavy atom. The van der Waals surface area contributed by atoms with Gasteiger partial charge in [-0.05, 0) is 12.1 Å². The van der Waals surface area contributed by atoms with Crippen molar-refractivity contribution in [2.24, 2.45) is 0 Å². The lowest BCUT2D eigenvalue weighted by Gasteiger charge is -2.24. The largest absolute Gasteiger partial charge is 0.779 e. The number of anilines is 2. The van der Waals surface area contributed by atoms with Gasteiger partial charge in [-0.25, -0.2) is 19.7 Å². The molecule has 4 rings (SSSR count). The fourth-order valence-electron chi connectivity index (χ4n) is 3.30. The summed E-state index contributed by atoms with van der Waals surface area (Å²) in [6, 6.07) is 8.27. The zero-order valence-corrected chi connectivity index (χ0v) is 18.3. The molecule has 2 unspecified atom stereocenters. The van der Waals surface area contributed by atoms with E-state index in [1.165, 1.54) is 24.1 Å². The van der Waals surface area contributed by atoms with Gasteiger partial charge in [0, 0.05) is 11.8 Å². The first-order valence-electron chi connectivity index (χ1n) is 10.1. The van der Waals surface area contributed by atoms with E-state index in [1.54, 1.807) is 24.3 Å². The number of carbonyl (C=O) groups excluding carboxylic acids is 1. The molecule has 176 valence electrons. The summed E-state index contributed by atoms with van der Waals surface area (Å²) in [5.74, 6) is 0.121. The molecule has 2 amide bonds. The highest BCUT2D eigenvalue weighted by Crippen LogP contribution is 2.39. The average Bonchev–Trinajstić information content (AvgIpc) is 3.35. The third kappa shape index (κ3) is 5.03. The summed E-state index contributed by atoms with van der Waals surface area (Å²) >= 11 is 0. The number of nitrogens with one attached hydrogen (secondary N) is 2. The number of hydrogen-bond donors (Lipinski definition) is 4. The van der Waals surface area contributed by atoms with Crippen LogP contribution in [0.15, 0.2) is 43.0 Å². The minimum absolute atomic E-state index is 0.121. The number of benzene rings is 1. The van der Waals surface area contributed by atoms with E-state index >= 15 is 0 Å². The van der Waals surface area contributed by atoms with E-state index in [-0.39, 0.29) is 23.1 Å². The number of ether oxygens (including phenoxy) is 1. The van der Waals surface area contributed by atoms with Crippen molar-refractivity contribution in [3.8, 4) is 0 Å². The number of hydrogen-bond acceptors (Lipinski definition) is 10. The second-order valence-corrected chi connectivity index (χ2v) is 9.37. The molecule has 1 fully saturated rings. The molecule has 3 aromatic rings. The van der Waals surface area contributed by atoms with Crippen LogP contribution in [0.3, 0.4) is 0 Å². The first kappa shape index (κ1) is 23.2. The zero-order valence-electron chi connectivity index (χ0n) is 17.4. The molecule has 1 aliphatic heterocycles. The molecule has 1 aromatic carbocycles. The first-order valence-corrected chi connectivity index (χ1v) is 11.8. The van der Waals surface area contributed by atoms with Gasteiger partial charge in [0.05, 0.1) is 12.9 Å². The lowest BCUT2D eigenvalue weighted by atomic mass is 10.1. The quantitative estimate of drug-likeness (QED) is 0.353. The van der Waals surface area contributed by atoms with E-state index < -0.39 is 44.8 Å². The van der Waals surface area contributed by atoms with Crippen molar-refractivity contribution in [2.75, 3.05) is 23.4 Å². The normalized spacial score (nSPS) is 24.5. The number of aliphatic hydroxyl groups excluding tert-OH is 2. The average molecular weight is 477 g/mol. The summed E-state index contributed by atoms with van der Waals surface area (Å²) in [6.45, 7) is 0.984. The molecule has 3 heterocycles. The lowest BCUT2D eigenvalue weighted by Crippen LogP contribution is -2.34. The molecular formula is C19H22N6O7P-. The first-order chi connectivity index (χ1) is 15.8. The summed E-state index contributed by atoms with van der Waals surface area (Å²) in [5, 5.41) is 26.0. The number of imidazole rings is 1. The smallest absolute Gasteiger partial charge is 0.324 e. The van der Waals surface area contributed by atoms with Crippen molar-refractivity contribution in [3.63, 3.8) is 0 Å². The Morgan fingerprint density at radius 2 is 1.97 bits per heavy atom. The number of nitrogens with zero attached hydrogens (tertiary/aromatic N) is 4. The van der Waals surface area contributed by atoms with Crippen LogP contribution in [-0.4, -0.2) is 66.8 Å². The predicted octanol–water partition coefficient (Wildman–Crippen LogP) is 0.679. The third-order valence-corrected chi connectivity index (χ3v) is 6.37. The number of amides is 2. The van der Waals surface area contributed by atoms with E-state index in [1.807, 2.05) is 6.07 Å². The van der Waals surface area contributed by atoms with Gasteiger partial charge in [0.1, 0.15) is 32.2 Å². The van der Waals surface area contributed by atoms with E-state index in [0.717, 1.165) is 0 Å². The van der Waals surface area contributed by atoms with Crippen molar-refractivity contribution >= 4 is 36.3 Å². The second kappa shape index (κ2) is 9.51. The van der Waals surface area contributed by atoms with Crippen LogP contribution in [0.2, 0.25) is 0 Å². The number of urea groups is 1. The van der Waals surface area contributed by atoms with Crippen LogP contribution >= 0.6 is 7.60 Å². The molecule has 1 saturated heterocycles. The van der Waals surface area contributed by atoms with Crippen LogP contribution < -0.4 is 15.5 Å². The van der Waals surface area contributed by atoms with Crippen molar-refractivity contribution in [1.82, 2.24) is 19.5 Å². The molecule has 0 spiro atoms. The van der Waals surface area contributed by atoms with E-state index in [0.29, 0.717) is 5.69 Å². The topological polar surface area (TPSA) is 184 Å². The molecule has 0 bridgehead atoms. The van der Waals surface area contributed by atoms with Gasteiger partial charge in [-0.2, -0.15) is 0 Å². The lowest BCUT2D eigenvalue weighted by molar-refractivity contribution is -0.201. The Bertz CT molecular complexity index is 1180. The standard InChI is InChI=1S/C19H23N6O7P/c1-2-33(29,30)31-8-12-14(26)15(27)18(32-12)25-10-22-13-16(20-9-21-17(13)25)24-19(28)23-11-6-4-3-5-7-11/h3-7,9-10,12,14-15,18,26-27H,2,8H2,1H3,(H,29,30)(H2,20,21,23,24,28)/p-1/t12-,14?,15+,18-/m1/s1. The Morgan fingerprint density at radius 1 is 1.21 bits per heavy atom. The maximum atomic E-state index is 12.3. The summed E-state index contributed by atoms with van der Waals surface area (Å²) in [4.78, 5) is 36.3. The zero-order chi connectivity index (χ0) is 23.6. The van der Waals surface area contributed by atoms with E-state index in [4.69, 9.17) is 9.26 Å². The van der Waals surface area contributed by atoms with Gasteiger partial charge in [-0.15, -0.1) is 0 Å². The van der Waals surface area contributed by atoms with Crippen LogP contribution in [-0.2, 0) is 13.8 Å². The number of aromatic nitrogens is 4. The van der Waals surface area contributed by atoms with Crippen LogP contribution in [0.5, 0.6) is 0 Å². The Hall–Kier alpha value is -2.93. The number of carbonyl (C=O) groups is 1. The van der Waals surface area contributed by atoms with Crippen LogP contribution in [0.1, 0.15) is 13.2 Å². The number of fused-ring (bicyclic) bond motifs is 1. The van der Waals surface area contributed by atoms with Gasteiger partial charge < -0.3 is 34.2 Å². The van der Waals surface area contributed by atoms with Crippen molar-refractivity contribution in [1.29, 1.82) is 0 Å². The van der Waals surface area contributed by atoms with Crippen LogP contribution in [0.4, 0.5) is 16.3 Å². The molecule has 1 aliphatic rings. The minimum Gasteiger partial charge on any atom is -0.779 e. The summed E-state index contributed by atoms with van der Waals surface area (Å²) < 4.78 is 23.5. The third-order valence-electron chi connectivity index (χ3n) is 5.06. The summed E-state index contributed by atoms with van der Waals surface area (Å²) in [5.41, 5.74) is 1.03. The fourth-order valence-corrected chi connectivity index (χ4v) is 3.85. The Labute approximate surface area is 187 Å². The molecule has 5 atom stereocenters. The molecule has 0 radical (unpaired) electrons.